The Labute approximate surface area is 114 Å². The summed E-state index contributed by atoms with van der Waals surface area (Å²) in [6.07, 6.45) is 5.77. The maximum absolute atomic E-state index is 10.9. The molecule has 0 aliphatic heterocycles. The third-order valence-electron chi connectivity index (χ3n) is 3.05. The van der Waals surface area contributed by atoms with Gasteiger partial charge in [0.05, 0.1) is 17.4 Å². The van der Waals surface area contributed by atoms with E-state index in [9.17, 15) is 4.79 Å². The van der Waals surface area contributed by atoms with Crippen molar-refractivity contribution in [3.8, 4) is 5.75 Å². The first-order valence-electron chi connectivity index (χ1n) is 6.84. The van der Waals surface area contributed by atoms with Gasteiger partial charge >= 0.3 is 5.97 Å². The van der Waals surface area contributed by atoms with Crippen LogP contribution in [0.5, 0.6) is 5.75 Å². The second kappa shape index (κ2) is 7.67. The SMILES string of the molecule is CCCCCCC(C)Oc1cc(C(=O)O)ccc1N. The van der Waals surface area contributed by atoms with Crippen molar-refractivity contribution in [1.82, 2.24) is 0 Å². The van der Waals surface area contributed by atoms with E-state index in [0.717, 1.165) is 12.8 Å². The Balaban J connectivity index is 2.55. The molecule has 0 radical (unpaired) electrons. The fraction of sp³-hybridized carbons (Fsp3) is 0.533. The molecule has 0 aromatic heterocycles. The molecule has 0 saturated heterocycles. The number of ether oxygens (including phenoxy) is 1. The van der Waals surface area contributed by atoms with E-state index >= 15 is 0 Å². The number of carboxylic acids is 1. The Bertz CT molecular complexity index is 418. The smallest absolute Gasteiger partial charge is 0.335 e. The molecule has 1 aromatic carbocycles. The van der Waals surface area contributed by atoms with E-state index in [1.54, 1.807) is 6.07 Å². The summed E-state index contributed by atoms with van der Waals surface area (Å²) in [6, 6.07) is 4.54. The standard InChI is InChI=1S/C15H23NO3/c1-3-4-5-6-7-11(2)19-14-10-12(15(17)18)8-9-13(14)16/h8-11H,3-7,16H2,1-2H3,(H,17,18). The zero-order valence-corrected chi connectivity index (χ0v) is 11.7. The van der Waals surface area contributed by atoms with Gasteiger partial charge in [-0.2, -0.15) is 0 Å². The third-order valence-corrected chi connectivity index (χ3v) is 3.05. The van der Waals surface area contributed by atoms with Crippen molar-refractivity contribution in [1.29, 1.82) is 0 Å². The van der Waals surface area contributed by atoms with Crippen molar-refractivity contribution in [3.63, 3.8) is 0 Å². The number of rotatable bonds is 8. The van der Waals surface area contributed by atoms with Gasteiger partial charge < -0.3 is 15.6 Å². The van der Waals surface area contributed by atoms with Gasteiger partial charge in [0, 0.05) is 0 Å². The fourth-order valence-corrected chi connectivity index (χ4v) is 1.90. The van der Waals surface area contributed by atoms with Crippen LogP contribution in [0.4, 0.5) is 5.69 Å². The summed E-state index contributed by atoms with van der Waals surface area (Å²) in [5, 5.41) is 8.94. The molecule has 19 heavy (non-hydrogen) atoms. The number of hydrogen-bond acceptors (Lipinski definition) is 3. The van der Waals surface area contributed by atoms with Gasteiger partial charge in [-0.05, 0) is 38.0 Å². The molecule has 0 bridgehead atoms. The molecule has 4 nitrogen and oxygen atoms in total. The molecule has 106 valence electrons. The van der Waals surface area contributed by atoms with E-state index in [4.69, 9.17) is 15.6 Å². The quantitative estimate of drug-likeness (QED) is 0.555. The summed E-state index contributed by atoms with van der Waals surface area (Å²) in [5.74, 6) is -0.511. The Morgan fingerprint density at radius 1 is 1.37 bits per heavy atom. The number of nitrogen functional groups attached to an aromatic ring is 1. The maximum Gasteiger partial charge on any atom is 0.335 e. The topological polar surface area (TPSA) is 72.5 Å². The maximum atomic E-state index is 10.9. The molecule has 4 heteroatoms. The van der Waals surface area contributed by atoms with Crippen molar-refractivity contribution < 1.29 is 14.6 Å². The normalized spacial score (nSPS) is 12.1. The van der Waals surface area contributed by atoms with Crippen LogP contribution < -0.4 is 10.5 Å². The van der Waals surface area contributed by atoms with Crippen molar-refractivity contribution >= 4 is 11.7 Å². The van der Waals surface area contributed by atoms with Gasteiger partial charge in [0.2, 0.25) is 0 Å². The number of carbonyl (C=O) groups is 1. The van der Waals surface area contributed by atoms with Crippen LogP contribution in [0.3, 0.4) is 0 Å². The monoisotopic (exact) mass is 265 g/mol. The third kappa shape index (κ3) is 5.20. The predicted octanol–water partition coefficient (Wildman–Crippen LogP) is 3.70. The van der Waals surface area contributed by atoms with E-state index < -0.39 is 5.97 Å². The molecule has 1 unspecified atom stereocenters. The van der Waals surface area contributed by atoms with Crippen molar-refractivity contribution in [2.75, 3.05) is 5.73 Å². The second-order valence-corrected chi connectivity index (χ2v) is 4.84. The van der Waals surface area contributed by atoms with Crippen molar-refractivity contribution in [2.24, 2.45) is 0 Å². The fourth-order valence-electron chi connectivity index (χ4n) is 1.90. The van der Waals surface area contributed by atoms with Gasteiger partial charge in [0.15, 0.2) is 0 Å². The lowest BCUT2D eigenvalue weighted by molar-refractivity contribution is 0.0696. The van der Waals surface area contributed by atoms with Gasteiger partial charge in [0.1, 0.15) is 5.75 Å². The van der Waals surface area contributed by atoms with Crippen molar-refractivity contribution in [2.45, 2.75) is 52.1 Å². The minimum atomic E-state index is -0.972. The minimum Gasteiger partial charge on any atom is -0.489 e. The zero-order valence-electron chi connectivity index (χ0n) is 11.7. The highest BCUT2D eigenvalue weighted by Gasteiger charge is 2.10. The summed E-state index contributed by atoms with van der Waals surface area (Å²) < 4.78 is 5.73. The van der Waals surface area contributed by atoms with Crippen LogP contribution in [-0.4, -0.2) is 17.2 Å². The highest BCUT2D eigenvalue weighted by Crippen LogP contribution is 2.25. The molecule has 0 saturated carbocycles. The van der Waals surface area contributed by atoms with E-state index in [-0.39, 0.29) is 11.7 Å². The number of aromatic carboxylic acids is 1. The Morgan fingerprint density at radius 3 is 2.74 bits per heavy atom. The number of carboxylic acid groups (broad SMARTS) is 1. The molecule has 0 fully saturated rings. The second-order valence-electron chi connectivity index (χ2n) is 4.84. The number of unbranched alkanes of at least 4 members (excludes halogenated alkanes) is 3. The first-order chi connectivity index (χ1) is 9.04. The summed E-state index contributed by atoms with van der Waals surface area (Å²) in [4.78, 5) is 10.9. The number of nitrogens with two attached hydrogens (primary N) is 1. The Kier molecular flexibility index (Phi) is 6.19. The average molecular weight is 265 g/mol. The van der Waals surface area contributed by atoms with Gasteiger partial charge in [-0.15, -0.1) is 0 Å². The highest BCUT2D eigenvalue weighted by molar-refractivity contribution is 5.89. The highest BCUT2D eigenvalue weighted by atomic mass is 16.5. The van der Waals surface area contributed by atoms with Crippen LogP contribution in [0.15, 0.2) is 18.2 Å². The van der Waals surface area contributed by atoms with Crippen LogP contribution in [0.25, 0.3) is 0 Å². The molecule has 0 amide bonds. The van der Waals surface area contributed by atoms with Gasteiger partial charge in [0.25, 0.3) is 0 Å². The summed E-state index contributed by atoms with van der Waals surface area (Å²) in [7, 11) is 0. The molecule has 3 N–H and O–H groups in total. The Hall–Kier alpha value is -1.71. The van der Waals surface area contributed by atoms with E-state index in [1.807, 2.05) is 6.92 Å². The Morgan fingerprint density at radius 2 is 2.11 bits per heavy atom. The van der Waals surface area contributed by atoms with Crippen LogP contribution in [0.2, 0.25) is 0 Å². The minimum absolute atomic E-state index is 0.0446. The molecule has 0 aliphatic carbocycles. The largest absolute Gasteiger partial charge is 0.489 e. The molecule has 0 aliphatic rings. The lowest BCUT2D eigenvalue weighted by atomic mass is 10.1. The lowest BCUT2D eigenvalue weighted by Gasteiger charge is -2.16. The molecule has 1 aromatic rings. The summed E-state index contributed by atoms with van der Waals surface area (Å²) in [6.45, 7) is 4.16. The number of hydrogen-bond donors (Lipinski definition) is 2. The van der Waals surface area contributed by atoms with Gasteiger partial charge in [-0.1, -0.05) is 26.2 Å². The first kappa shape index (κ1) is 15.3. The summed E-state index contributed by atoms with van der Waals surface area (Å²) >= 11 is 0. The van der Waals surface area contributed by atoms with Gasteiger partial charge in [-0.25, -0.2) is 4.79 Å². The first-order valence-corrected chi connectivity index (χ1v) is 6.84. The van der Waals surface area contributed by atoms with Crippen LogP contribution in [0, 0.1) is 0 Å². The number of anilines is 1. The molecule has 1 rings (SSSR count). The van der Waals surface area contributed by atoms with Gasteiger partial charge in [-0.3, -0.25) is 0 Å². The van der Waals surface area contributed by atoms with Crippen LogP contribution >= 0.6 is 0 Å². The molecular formula is C15H23NO3. The number of benzene rings is 1. The zero-order chi connectivity index (χ0) is 14.3. The molecular weight excluding hydrogens is 242 g/mol. The molecule has 0 heterocycles. The van der Waals surface area contributed by atoms with E-state index in [2.05, 4.69) is 6.92 Å². The molecule has 0 spiro atoms. The average Bonchev–Trinajstić information content (AvgIpc) is 2.37. The van der Waals surface area contributed by atoms with Crippen LogP contribution in [0.1, 0.15) is 56.3 Å². The van der Waals surface area contributed by atoms with Crippen LogP contribution in [-0.2, 0) is 0 Å². The van der Waals surface area contributed by atoms with Crippen molar-refractivity contribution in [3.05, 3.63) is 23.8 Å². The molecule has 1 atom stereocenters. The predicted molar refractivity (Wildman–Crippen MR) is 76.7 cm³/mol. The van der Waals surface area contributed by atoms with E-state index in [1.165, 1.54) is 31.4 Å². The lowest BCUT2D eigenvalue weighted by Crippen LogP contribution is -2.13. The van der Waals surface area contributed by atoms with E-state index in [0.29, 0.717) is 11.4 Å². The summed E-state index contributed by atoms with van der Waals surface area (Å²) in [5.41, 5.74) is 6.47.